The van der Waals surface area contributed by atoms with Crippen molar-refractivity contribution in [3.05, 3.63) is 35.9 Å². The first-order valence-corrected chi connectivity index (χ1v) is 8.93. The van der Waals surface area contributed by atoms with E-state index in [0.29, 0.717) is 25.6 Å². The summed E-state index contributed by atoms with van der Waals surface area (Å²) >= 11 is 0. The van der Waals surface area contributed by atoms with Crippen LogP contribution in [-0.2, 0) is 11.3 Å². The summed E-state index contributed by atoms with van der Waals surface area (Å²) in [5.74, 6) is 0.799. The maximum Gasteiger partial charge on any atom is 0.222 e. The minimum absolute atomic E-state index is 0. The van der Waals surface area contributed by atoms with Crippen LogP contribution in [0.5, 0.6) is 0 Å². The van der Waals surface area contributed by atoms with Crippen LogP contribution in [0.1, 0.15) is 51.5 Å². The summed E-state index contributed by atoms with van der Waals surface area (Å²) in [5, 5.41) is 9.49. The molecule has 25 heavy (non-hydrogen) atoms. The molecular formula is C19H33IN4O. The minimum atomic E-state index is 0. The molecule has 1 aromatic carbocycles. The van der Waals surface area contributed by atoms with Crippen LogP contribution in [0.3, 0.4) is 0 Å². The highest BCUT2D eigenvalue weighted by Gasteiger charge is 2.06. The minimum Gasteiger partial charge on any atom is -0.356 e. The standard InChI is InChI=1S/C19H32N4O.HI/c1-4-5-7-10-16(2)23-19(20-3)21-14-13-18(24)22-15-17-11-8-6-9-12-17;/h6,8-9,11-12,16H,4-5,7,10,13-15H2,1-3H3,(H,22,24)(H2,20,21,23);1H. The number of amides is 1. The van der Waals surface area contributed by atoms with E-state index in [1.165, 1.54) is 19.3 Å². The van der Waals surface area contributed by atoms with Crippen molar-refractivity contribution in [3.63, 3.8) is 0 Å². The maximum absolute atomic E-state index is 11.9. The molecule has 0 radical (unpaired) electrons. The molecule has 0 aliphatic heterocycles. The second-order valence-electron chi connectivity index (χ2n) is 6.05. The van der Waals surface area contributed by atoms with Gasteiger partial charge in [0.2, 0.25) is 5.91 Å². The Morgan fingerprint density at radius 3 is 2.52 bits per heavy atom. The number of hydrogen-bond acceptors (Lipinski definition) is 2. The Kier molecular flexibility index (Phi) is 14.2. The van der Waals surface area contributed by atoms with Gasteiger partial charge in [-0.05, 0) is 18.9 Å². The van der Waals surface area contributed by atoms with E-state index in [9.17, 15) is 4.79 Å². The number of guanidine groups is 1. The van der Waals surface area contributed by atoms with Gasteiger partial charge in [-0.15, -0.1) is 24.0 Å². The number of carbonyl (C=O) groups excluding carboxylic acids is 1. The Morgan fingerprint density at radius 1 is 1.16 bits per heavy atom. The van der Waals surface area contributed by atoms with Crippen LogP contribution in [0, 0.1) is 0 Å². The summed E-state index contributed by atoms with van der Waals surface area (Å²) in [7, 11) is 1.75. The molecule has 0 aromatic heterocycles. The zero-order valence-corrected chi connectivity index (χ0v) is 18.0. The first kappa shape index (κ1) is 23.7. The molecular weight excluding hydrogens is 427 g/mol. The lowest BCUT2D eigenvalue weighted by atomic mass is 10.1. The van der Waals surface area contributed by atoms with Crippen LogP contribution >= 0.6 is 24.0 Å². The van der Waals surface area contributed by atoms with Crippen molar-refractivity contribution < 1.29 is 4.79 Å². The van der Waals surface area contributed by atoms with Gasteiger partial charge >= 0.3 is 0 Å². The van der Waals surface area contributed by atoms with Gasteiger partial charge in [0.1, 0.15) is 0 Å². The summed E-state index contributed by atoms with van der Waals surface area (Å²) in [6.07, 6.45) is 5.28. The van der Waals surface area contributed by atoms with E-state index >= 15 is 0 Å². The third-order valence-corrected chi connectivity index (χ3v) is 3.82. The number of halogens is 1. The lowest BCUT2D eigenvalue weighted by Crippen LogP contribution is -2.43. The average molecular weight is 460 g/mol. The summed E-state index contributed by atoms with van der Waals surface area (Å²) < 4.78 is 0. The molecule has 0 spiro atoms. The van der Waals surface area contributed by atoms with Crippen LogP contribution in [0.4, 0.5) is 0 Å². The zero-order chi connectivity index (χ0) is 17.6. The third-order valence-electron chi connectivity index (χ3n) is 3.82. The van der Waals surface area contributed by atoms with Crippen LogP contribution in [-0.4, -0.2) is 31.5 Å². The van der Waals surface area contributed by atoms with Crippen molar-refractivity contribution in [3.8, 4) is 0 Å². The predicted molar refractivity (Wildman–Crippen MR) is 116 cm³/mol. The van der Waals surface area contributed by atoms with Crippen molar-refractivity contribution >= 4 is 35.8 Å². The van der Waals surface area contributed by atoms with Gasteiger partial charge in [0, 0.05) is 32.6 Å². The summed E-state index contributed by atoms with van der Waals surface area (Å²) in [4.78, 5) is 16.1. The average Bonchev–Trinajstić information content (AvgIpc) is 2.60. The number of nitrogens with one attached hydrogen (secondary N) is 3. The first-order valence-electron chi connectivity index (χ1n) is 8.93. The van der Waals surface area contributed by atoms with Crippen molar-refractivity contribution in [2.24, 2.45) is 4.99 Å². The van der Waals surface area contributed by atoms with Gasteiger partial charge in [0.05, 0.1) is 0 Å². The van der Waals surface area contributed by atoms with E-state index in [-0.39, 0.29) is 29.9 Å². The fourth-order valence-electron chi connectivity index (χ4n) is 2.38. The second-order valence-corrected chi connectivity index (χ2v) is 6.05. The smallest absolute Gasteiger partial charge is 0.222 e. The van der Waals surface area contributed by atoms with Crippen molar-refractivity contribution in [1.29, 1.82) is 0 Å². The normalized spacial score (nSPS) is 12.0. The number of carbonyl (C=O) groups is 1. The molecule has 1 unspecified atom stereocenters. The molecule has 3 N–H and O–H groups in total. The van der Waals surface area contributed by atoms with E-state index in [0.717, 1.165) is 17.9 Å². The molecule has 0 aliphatic rings. The molecule has 1 amide bonds. The van der Waals surface area contributed by atoms with E-state index in [2.05, 4.69) is 34.8 Å². The molecule has 142 valence electrons. The molecule has 0 aliphatic carbocycles. The molecule has 1 rings (SSSR count). The van der Waals surface area contributed by atoms with Crippen molar-refractivity contribution in [1.82, 2.24) is 16.0 Å². The van der Waals surface area contributed by atoms with Gasteiger partial charge in [-0.25, -0.2) is 0 Å². The van der Waals surface area contributed by atoms with E-state index in [4.69, 9.17) is 0 Å². The molecule has 1 aromatic rings. The van der Waals surface area contributed by atoms with Gasteiger partial charge in [-0.3, -0.25) is 9.79 Å². The number of rotatable bonds is 10. The highest BCUT2D eigenvalue weighted by Crippen LogP contribution is 2.02. The van der Waals surface area contributed by atoms with Crippen LogP contribution in [0.25, 0.3) is 0 Å². The van der Waals surface area contributed by atoms with E-state index in [1.807, 2.05) is 30.3 Å². The van der Waals surface area contributed by atoms with E-state index in [1.54, 1.807) is 7.05 Å². The summed E-state index contributed by atoms with van der Waals surface area (Å²) in [6, 6.07) is 10.3. The molecule has 0 fully saturated rings. The second kappa shape index (κ2) is 15.0. The number of nitrogens with zero attached hydrogens (tertiary/aromatic N) is 1. The molecule has 0 heterocycles. The zero-order valence-electron chi connectivity index (χ0n) is 15.7. The monoisotopic (exact) mass is 460 g/mol. The third kappa shape index (κ3) is 11.8. The molecule has 0 bridgehead atoms. The van der Waals surface area contributed by atoms with Gasteiger partial charge in [-0.2, -0.15) is 0 Å². The molecule has 0 saturated heterocycles. The summed E-state index contributed by atoms with van der Waals surface area (Å²) in [5.41, 5.74) is 1.11. The molecule has 5 nitrogen and oxygen atoms in total. The Labute approximate surface area is 169 Å². The summed E-state index contributed by atoms with van der Waals surface area (Å²) in [6.45, 7) is 5.51. The van der Waals surface area contributed by atoms with Crippen LogP contribution in [0.2, 0.25) is 0 Å². The van der Waals surface area contributed by atoms with Gasteiger partial charge < -0.3 is 16.0 Å². The van der Waals surface area contributed by atoms with Crippen molar-refractivity contribution in [2.75, 3.05) is 13.6 Å². The fourth-order valence-corrected chi connectivity index (χ4v) is 2.38. The topological polar surface area (TPSA) is 65.5 Å². The number of benzene rings is 1. The quantitative estimate of drug-likeness (QED) is 0.217. The number of unbranched alkanes of at least 4 members (excludes halogenated alkanes) is 2. The van der Waals surface area contributed by atoms with Crippen molar-refractivity contribution in [2.45, 2.75) is 58.5 Å². The molecule has 6 heteroatoms. The molecule has 1 atom stereocenters. The van der Waals surface area contributed by atoms with Crippen LogP contribution < -0.4 is 16.0 Å². The highest BCUT2D eigenvalue weighted by molar-refractivity contribution is 14.0. The Morgan fingerprint density at radius 2 is 1.88 bits per heavy atom. The maximum atomic E-state index is 11.9. The Hall–Kier alpha value is -1.31. The predicted octanol–water partition coefficient (Wildman–Crippen LogP) is 3.44. The van der Waals surface area contributed by atoms with Gasteiger partial charge in [-0.1, -0.05) is 56.5 Å². The lowest BCUT2D eigenvalue weighted by molar-refractivity contribution is -0.121. The number of hydrogen-bond donors (Lipinski definition) is 3. The Bertz CT molecular complexity index is 493. The van der Waals surface area contributed by atoms with Crippen LogP contribution in [0.15, 0.2) is 35.3 Å². The largest absolute Gasteiger partial charge is 0.356 e. The van der Waals surface area contributed by atoms with Gasteiger partial charge in [0.25, 0.3) is 0 Å². The first-order chi connectivity index (χ1) is 11.7. The highest BCUT2D eigenvalue weighted by atomic mass is 127. The fraction of sp³-hybridized carbons (Fsp3) is 0.579. The molecule has 0 saturated carbocycles. The van der Waals surface area contributed by atoms with E-state index < -0.39 is 0 Å². The number of aliphatic imine (C=N–C) groups is 1. The van der Waals surface area contributed by atoms with Gasteiger partial charge in [0.15, 0.2) is 5.96 Å². The Balaban J connectivity index is 0.00000576. The SMILES string of the molecule is CCCCCC(C)NC(=NC)NCCC(=O)NCc1ccccc1.I. The lowest BCUT2D eigenvalue weighted by Gasteiger charge is -2.17.